The van der Waals surface area contributed by atoms with E-state index in [1.165, 1.54) is 0 Å². The Morgan fingerprint density at radius 1 is 1.00 bits per heavy atom. The minimum absolute atomic E-state index is 0.117. The number of nitrogens with zero attached hydrogens (tertiary/aromatic N) is 4. The summed E-state index contributed by atoms with van der Waals surface area (Å²) in [6.45, 7) is 4.11. The Bertz CT molecular complexity index is 1080. The Morgan fingerprint density at radius 2 is 1.76 bits per heavy atom. The van der Waals surface area contributed by atoms with E-state index in [-0.39, 0.29) is 17.7 Å². The van der Waals surface area contributed by atoms with Crippen molar-refractivity contribution in [1.29, 1.82) is 0 Å². The van der Waals surface area contributed by atoms with Crippen LogP contribution in [0.15, 0.2) is 61.2 Å². The van der Waals surface area contributed by atoms with E-state index >= 15 is 0 Å². The Hall–Kier alpha value is -3.68. The molecule has 3 aromatic rings. The molecule has 0 spiro atoms. The van der Waals surface area contributed by atoms with Crippen LogP contribution < -0.4 is 14.4 Å². The summed E-state index contributed by atoms with van der Waals surface area (Å²) in [5.74, 6) is 1.85. The first-order chi connectivity index (χ1) is 16.2. The molecular weight excluding hydrogens is 420 g/mol. The van der Waals surface area contributed by atoms with Crippen molar-refractivity contribution < 1.29 is 19.4 Å². The molecule has 33 heavy (non-hydrogen) atoms. The lowest BCUT2D eigenvalue weighted by Gasteiger charge is -2.36. The summed E-state index contributed by atoms with van der Waals surface area (Å²) in [6, 6.07) is 13.0. The second kappa shape index (κ2) is 9.44. The number of phenolic OH excluding ortho intramolecular Hbond substituents is 1. The van der Waals surface area contributed by atoms with E-state index < -0.39 is 0 Å². The molecule has 5 rings (SSSR count). The molecule has 172 valence electrons. The lowest BCUT2D eigenvalue weighted by molar-refractivity contribution is -0.132. The highest BCUT2D eigenvalue weighted by molar-refractivity contribution is 5.77. The van der Waals surface area contributed by atoms with Crippen LogP contribution in [-0.4, -0.2) is 64.9 Å². The average molecular weight is 449 g/mol. The Labute approximate surface area is 193 Å². The van der Waals surface area contributed by atoms with Crippen molar-refractivity contribution >= 4 is 11.6 Å². The Morgan fingerprint density at radius 3 is 2.48 bits per heavy atom. The largest absolute Gasteiger partial charge is 0.508 e. The van der Waals surface area contributed by atoms with Gasteiger partial charge in [0, 0.05) is 50.7 Å². The second-order valence-electron chi connectivity index (χ2n) is 8.37. The summed E-state index contributed by atoms with van der Waals surface area (Å²) in [6.07, 6.45) is 6.57. The van der Waals surface area contributed by atoms with Crippen molar-refractivity contribution in [3.63, 3.8) is 0 Å². The molecule has 1 amide bonds. The van der Waals surface area contributed by atoms with Crippen LogP contribution in [-0.2, 0) is 4.79 Å². The maximum absolute atomic E-state index is 13.3. The highest BCUT2D eigenvalue weighted by Gasteiger charge is 2.26. The van der Waals surface area contributed by atoms with Crippen molar-refractivity contribution in [2.45, 2.75) is 18.9 Å². The van der Waals surface area contributed by atoms with E-state index in [1.807, 2.05) is 46.0 Å². The number of fused-ring (bicyclic) bond motifs is 1. The van der Waals surface area contributed by atoms with Crippen LogP contribution >= 0.6 is 0 Å². The van der Waals surface area contributed by atoms with Crippen molar-refractivity contribution in [2.75, 3.05) is 44.3 Å². The number of aromatic hydroxyl groups is 1. The van der Waals surface area contributed by atoms with E-state index in [9.17, 15) is 9.90 Å². The third-order valence-corrected chi connectivity index (χ3v) is 6.26. The molecule has 0 bridgehead atoms. The number of benzene rings is 2. The molecule has 8 heteroatoms. The zero-order valence-electron chi connectivity index (χ0n) is 18.5. The van der Waals surface area contributed by atoms with Gasteiger partial charge in [-0.05, 0) is 42.0 Å². The minimum atomic E-state index is -0.174. The monoisotopic (exact) mass is 448 g/mol. The van der Waals surface area contributed by atoms with Gasteiger partial charge >= 0.3 is 0 Å². The smallest absolute Gasteiger partial charge is 0.225 e. The summed E-state index contributed by atoms with van der Waals surface area (Å²) in [5, 5.41) is 9.51. The van der Waals surface area contributed by atoms with E-state index in [0.29, 0.717) is 32.7 Å². The SMILES string of the molecule is O=C(CC(c1ccc2c(c1)OCCCO2)n1ccnc1)N1CCN(c2ccc(O)cc2)CC1. The van der Waals surface area contributed by atoms with Gasteiger partial charge in [-0.15, -0.1) is 0 Å². The Balaban J connectivity index is 1.29. The van der Waals surface area contributed by atoms with Crippen LogP contribution in [0.25, 0.3) is 0 Å². The topological polar surface area (TPSA) is 80.1 Å². The fraction of sp³-hybridized carbons (Fsp3) is 0.360. The fourth-order valence-electron chi connectivity index (χ4n) is 4.41. The number of carbonyl (C=O) groups is 1. The number of imidazole rings is 1. The first kappa shape index (κ1) is 21.2. The molecule has 0 aliphatic carbocycles. The predicted molar refractivity (Wildman–Crippen MR) is 124 cm³/mol. The van der Waals surface area contributed by atoms with Gasteiger partial charge in [0.1, 0.15) is 5.75 Å². The van der Waals surface area contributed by atoms with Gasteiger partial charge in [-0.25, -0.2) is 4.98 Å². The number of phenols is 1. The van der Waals surface area contributed by atoms with Gasteiger partial charge in [0.2, 0.25) is 5.91 Å². The van der Waals surface area contributed by atoms with Gasteiger partial charge in [-0.1, -0.05) is 6.07 Å². The molecule has 2 aliphatic rings. The zero-order valence-corrected chi connectivity index (χ0v) is 18.5. The molecule has 1 saturated heterocycles. The number of aromatic nitrogens is 2. The average Bonchev–Trinajstić information content (AvgIpc) is 3.28. The standard InChI is InChI=1S/C25H28N4O4/c30-21-5-3-20(4-6-21)27-10-12-28(13-11-27)25(31)17-22(29-9-8-26-18-29)19-2-7-23-24(16-19)33-15-1-14-32-23/h2-9,16,18,22,30H,1,10-15,17H2. The molecular formula is C25H28N4O4. The molecule has 1 N–H and O–H groups in total. The number of hydrogen-bond acceptors (Lipinski definition) is 6. The van der Waals surface area contributed by atoms with Crippen LogP contribution in [0.5, 0.6) is 17.2 Å². The van der Waals surface area contributed by atoms with Gasteiger partial charge in [-0.3, -0.25) is 4.79 Å². The quantitative estimate of drug-likeness (QED) is 0.646. The van der Waals surface area contributed by atoms with Gasteiger partial charge < -0.3 is 28.9 Å². The van der Waals surface area contributed by atoms with Crippen LogP contribution in [0, 0.1) is 0 Å². The molecule has 1 fully saturated rings. The lowest BCUT2D eigenvalue weighted by atomic mass is 10.0. The molecule has 1 aromatic heterocycles. The molecule has 8 nitrogen and oxygen atoms in total. The van der Waals surface area contributed by atoms with Crippen LogP contribution in [0.3, 0.4) is 0 Å². The van der Waals surface area contributed by atoms with Crippen LogP contribution in [0.2, 0.25) is 0 Å². The molecule has 1 atom stereocenters. The minimum Gasteiger partial charge on any atom is -0.508 e. The second-order valence-corrected chi connectivity index (χ2v) is 8.37. The fourth-order valence-corrected chi connectivity index (χ4v) is 4.41. The summed E-state index contributed by atoms with van der Waals surface area (Å²) >= 11 is 0. The summed E-state index contributed by atoms with van der Waals surface area (Å²) in [5.41, 5.74) is 2.05. The van der Waals surface area contributed by atoms with Gasteiger partial charge in [-0.2, -0.15) is 0 Å². The summed E-state index contributed by atoms with van der Waals surface area (Å²) in [4.78, 5) is 21.7. The Kier molecular flexibility index (Phi) is 6.06. The summed E-state index contributed by atoms with van der Waals surface area (Å²) in [7, 11) is 0. The third-order valence-electron chi connectivity index (χ3n) is 6.26. The van der Waals surface area contributed by atoms with E-state index in [4.69, 9.17) is 9.47 Å². The molecule has 0 saturated carbocycles. The third kappa shape index (κ3) is 4.74. The first-order valence-electron chi connectivity index (χ1n) is 11.4. The molecule has 0 radical (unpaired) electrons. The number of piperazine rings is 1. The predicted octanol–water partition coefficient (Wildman–Crippen LogP) is 3.08. The van der Waals surface area contributed by atoms with Crippen LogP contribution in [0.1, 0.15) is 24.4 Å². The molecule has 2 aromatic carbocycles. The van der Waals surface area contributed by atoms with Crippen LogP contribution in [0.4, 0.5) is 5.69 Å². The van der Waals surface area contributed by atoms with Crippen molar-refractivity contribution in [3.8, 4) is 17.2 Å². The molecule has 3 heterocycles. The van der Waals surface area contributed by atoms with Gasteiger partial charge in [0.25, 0.3) is 0 Å². The van der Waals surface area contributed by atoms with Gasteiger partial charge in [0.15, 0.2) is 11.5 Å². The maximum atomic E-state index is 13.3. The number of carbonyl (C=O) groups excluding carboxylic acids is 1. The number of hydrogen-bond donors (Lipinski definition) is 1. The number of anilines is 1. The normalized spacial score (nSPS) is 16.8. The van der Waals surface area contributed by atoms with E-state index in [1.54, 1.807) is 24.7 Å². The van der Waals surface area contributed by atoms with Crippen molar-refractivity contribution in [2.24, 2.45) is 0 Å². The lowest BCUT2D eigenvalue weighted by Crippen LogP contribution is -2.49. The number of ether oxygens (including phenoxy) is 2. The molecule has 1 unspecified atom stereocenters. The first-order valence-corrected chi connectivity index (χ1v) is 11.4. The van der Waals surface area contributed by atoms with E-state index in [2.05, 4.69) is 9.88 Å². The number of amides is 1. The highest BCUT2D eigenvalue weighted by atomic mass is 16.5. The van der Waals surface area contributed by atoms with Crippen molar-refractivity contribution in [3.05, 3.63) is 66.7 Å². The number of rotatable bonds is 5. The highest BCUT2D eigenvalue weighted by Crippen LogP contribution is 2.34. The van der Waals surface area contributed by atoms with Gasteiger partial charge in [0.05, 0.1) is 32.0 Å². The van der Waals surface area contributed by atoms with E-state index in [0.717, 1.165) is 42.3 Å². The summed E-state index contributed by atoms with van der Waals surface area (Å²) < 4.78 is 13.6. The molecule has 2 aliphatic heterocycles. The zero-order chi connectivity index (χ0) is 22.6. The maximum Gasteiger partial charge on any atom is 0.225 e. The van der Waals surface area contributed by atoms with Crippen molar-refractivity contribution in [1.82, 2.24) is 14.5 Å².